The summed E-state index contributed by atoms with van der Waals surface area (Å²) >= 11 is 0. The molecule has 0 saturated heterocycles. The highest BCUT2D eigenvalue weighted by atomic mass is 15.1. The van der Waals surface area contributed by atoms with Gasteiger partial charge in [-0.25, -0.2) is 0 Å². The van der Waals surface area contributed by atoms with Gasteiger partial charge in [-0.15, -0.1) is 0 Å². The Balaban J connectivity index is 2.37. The largest absolute Gasteiger partial charge is 0.388 e. The van der Waals surface area contributed by atoms with E-state index in [1.807, 2.05) is 7.05 Å². The molecule has 2 heteroatoms. The summed E-state index contributed by atoms with van der Waals surface area (Å²) < 4.78 is 0. The summed E-state index contributed by atoms with van der Waals surface area (Å²) in [6, 6.07) is 15.0. The molecule has 0 aliphatic heterocycles. The molecule has 0 bridgehead atoms. The molecule has 0 saturated carbocycles. The molecule has 0 amide bonds. The van der Waals surface area contributed by atoms with Crippen molar-refractivity contribution in [3.63, 3.8) is 0 Å². The van der Waals surface area contributed by atoms with Gasteiger partial charge in [-0.1, -0.05) is 23.8 Å². The lowest BCUT2D eigenvalue weighted by molar-refractivity contribution is 1.18. The summed E-state index contributed by atoms with van der Waals surface area (Å²) in [7, 11) is 4.04. The molecule has 2 aromatic rings. The number of rotatable bonds is 3. The third kappa shape index (κ3) is 2.48. The average Bonchev–Trinajstić information content (AvgIpc) is 2.38. The molecule has 2 rings (SSSR count). The van der Waals surface area contributed by atoms with Gasteiger partial charge in [-0.05, 0) is 43.7 Å². The lowest BCUT2D eigenvalue weighted by atomic mass is 10.1. The van der Waals surface area contributed by atoms with Crippen molar-refractivity contribution in [2.75, 3.05) is 24.3 Å². The van der Waals surface area contributed by atoms with Crippen LogP contribution >= 0.6 is 0 Å². The number of benzene rings is 2. The van der Waals surface area contributed by atoms with Crippen LogP contribution in [0, 0.1) is 13.8 Å². The van der Waals surface area contributed by atoms with E-state index in [1.54, 1.807) is 0 Å². The maximum atomic E-state index is 3.17. The lowest BCUT2D eigenvalue weighted by Crippen LogP contribution is -2.11. The quantitative estimate of drug-likeness (QED) is 0.868. The van der Waals surface area contributed by atoms with Gasteiger partial charge in [-0.2, -0.15) is 0 Å². The minimum atomic E-state index is 1.13. The molecular weight excluding hydrogens is 220 g/mol. The number of aryl methyl sites for hydroxylation is 2. The van der Waals surface area contributed by atoms with E-state index < -0.39 is 0 Å². The molecule has 0 aromatic heterocycles. The topological polar surface area (TPSA) is 15.3 Å². The second-order valence-corrected chi connectivity index (χ2v) is 4.65. The predicted molar refractivity (Wildman–Crippen MR) is 80.0 cm³/mol. The summed E-state index contributed by atoms with van der Waals surface area (Å²) in [5, 5.41) is 3.17. The molecule has 0 fully saturated rings. The number of hydrogen-bond donors (Lipinski definition) is 1. The van der Waals surface area contributed by atoms with E-state index in [9.17, 15) is 0 Å². The van der Waals surface area contributed by atoms with Crippen LogP contribution in [-0.2, 0) is 0 Å². The predicted octanol–water partition coefficient (Wildman–Crippen LogP) is 4.11. The maximum absolute atomic E-state index is 3.17. The highest BCUT2D eigenvalue weighted by Crippen LogP contribution is 2.28. The van der Waals surface area contributed by atoms with Gasteiger partial charge in [0.25, 0.3) is 0 Å². The van der Waals surface area contributed by atoms with Crippen LogP contribution in [0.5, 0.6) is 0 Å². The van der Waals surface area contributed by atoms with E-state index in [1.165, 1.54) is 22.5 Å². The fourth-order valence-electron chi connectivity index (χ4n) is 2.19. The first kappa shape index (κ1) is 12.5. The highest BCUT2D eigenvalue weighted by molar-refractivity contribution is 5.69. The van der Waals surface area contributed by atoms with Crippen LogP contribution in [0.15, 0.2) is 42.5 Å². The standard InChI is InChI=1S/C16H20N2/c1-12-8-9-16(13(2)10-12)18(4)15-7-5-6-14(11-15)17-3/h5-11,17H,1-4H3. The Kier molecular flexibility index (Phi) is 3.56. The van der Waals surface area contributed by atoms with E-state index in [2.05, 4.69) is 73.6 Å². The third-order valence-corrected chi connectivity index (χ3v) is 3.24. The fraction of sp³-hybridized carbons (Fsp3) is 0.250. The van der Waals surface area contributed by atoms with Crippen molar-refractivity contribution in [2.45, 2.75) is 13.8 Å². The average molecular weight is 240 g/mol. The SMILES string of the molecule is CNc1cccc(N(C)c2ccc(C)cc2C)c1. The number of nitrogens with one attached hydrogen (secondary N) is 1. The molecule has 0 aliphatic rings. The van der Waals surface area contributed by atoms with Crippen molar-refractivity contribution in [1.29, 1.82) is 0 Å². The van der Waals surface area contributed by atoms with Crippen LogP contribution in [0.1, 0.15) is 11.1 Å². The summed E-state index contributed by atoms with van der Waals surface area (Å²) in [5.41, 5.74) is 6.16. The molecule has 94 valence electrons. The molecule has 0 radical (unpaired) electrons. The molecule has 0 spiro atoms. The van der Waals surface area contributed by atoms with Gasteiger partial charge in [0.1, 0.15) is 0 Å². The summed E-state index contributed by atoms with van der Waals surface area (Å²) in [6.07, 6.45) is 0. The number of hydrogen-bond acceptors (Lipinski definition) is 2. The Morgan fingerprint density at radius 3 is 2.44 bits per heavy atom. The first-order valence-corrected chi connectivity index (χ1v) is 6.20. The first-order valence-electron chi connectivity index (χ1n) is 6.20. The Bertz CT molecular complexity index is 547. The van der Waals surface area contributed by atoms with Crippen molar-refractivity contribution >= 4 is 17.1 Å². The van der Waals surface area contributed by atoms with Gasteiger partial charge in [-0.3, -0.25) is 0 Å². The van der Waals surface area contributed by atoms with Crippen LogP contribution in [0.25, 0.3) is 0 Å². The Hall–Kier alpha value is -1.96. The maximum Gasteiger partial charge on any atom is 0.0437 e. The molecule has 0 heterocycles. The normalized spacial score (nSPS) is 10.2. The monoisotopic (exact) mass is 240 g/mol. The second-order valence-electron chi connectivity index (χ2n) is 4.65. The molecule has 0 unspecified atom stereocenters. The molecule has 0 atom stereocenters. The Labute approximate surface area is 109 Å². The van der Waals surface area contributed by atoms with Crippen LogP contribution in [0.2, 0.25) is 0 Å². The van der Waals surface area contributed by atoms with Gasteiger partial charge in [0.15, 0.2) is 0 Å². The van der Waals surface area contributed by atoms with E-state index >= 15 is 0 Å². The van der Waals surface area contributed by atoms with Gasteiger partial charge in [0.2, 0.25) is 0 Å². The van der Waals surface area contributed by atoms with Crippen molar-refractivity contribution < 1.29 is 0 Å². The number of anilines is 3. The highest BCUT2D eigenvalue weighted by Gasteiger charge is 2.07. The molecule has 2 aromatic carbocycles. The van der Waals surface area contributed by atoms with Crippen molar-refractivity contribution in [3.8, 4) is 0 Å². The second kappa shape index (κ2) is 5.13. The van der Waals surface area contributed by atoms with Crippen LogP contribution in [0.3, 0.4) is 0 Å². The molecule has 1 N–H and O–H groups in total. The van der Waals surface area contributed by atoms with E-state index in [0.29, 0.717) is 0 Å². The Morgan fingerprint density at radius 2 is 1.78 bits per heavy atom. The van der Waals surface area contributed by atoms with Gasteiger partial charge in [0.05, 0.1) is 0 Å². The summed E-state index contributed by atoms with van der Waals surface area (Å²) in [4.78, 5) is 2.22. The lowest BCUT2D eigenvalue weighted by Gasteiger charge is -2.22. The smallest absolute Gasteiger partial charge is 0.0437 e. The zero-order valence-electron chi connectivity index (χ0n) is 11.5. The number of nitrogens with zero attached hydrogens (tertiary/aromatic N) is 1. The van der Waals surface area contributed by atoms with Crippen LogP contribution < -0.4 is 10.2 Å². The zero-order chi connectivity index (χ0) is 13.1. The summed E-state index contributed by atoms with van der Waals surface area (Å²) in [5.74, 6) is 0. The van der Waals surface area contributed by atoms with Crippen LogP contribution in [0.4, 0.5) is 17.1 Å². The van der Waals surface area contributed by atoms with E-state index in [4.69, 9.17) is 0 Å². The third-order valence-electron chi connectivity index (χ3n) is 3.24. The molecule has 18 heavy (non-hydrogen) atoms. The van der Waals surface area contributed by atoms with Crippen molar-refractivity contribution in [3.05, 3.63) is 53.6 Å². The summed E-state index contributed by atoms with van der Waals surface area (Å²) in [6.45, 7) is 4.28. The first-order chi connectivity index (χ1) is 8.61. The zero-order valence-corrected chi connectivity index (χ0v) is 11.5. The van der Waals surface area contributed by atoms with Gasteiger partial charge in [0, 0.05) is 31.2 Å². The molecule has 0 aliphatic carbocycles. The van der Waals surface area contributed by atoms with Crippen molar-refractivity contribution in [1.82, 2.24) is 0 Å². The van der Waals surface area contributed by atoms with Crippen molar-refractivity contribution in [2.24, 2.45) is 0 Å². The van der Waals surface area contributed by atoms with Gasteiger partial charge < -0.3 is 10.2 Å². The van der Waals surface area contributed by atoms with Crippen LogP contribution in [-0.4, -0.2) is 14.1 Å². The fourth-order valence-corrected chi connectivity index (χ4v) is 2.19. The van der Waals surface area contributed by atoms with E-state index in [-0.39, 0.29) is 0 Å². The molecular formula is C16H20N2. The Morgan fingerprint density at radius 1 is 1.00 bits per heavy atom. The minimum Gasteiger partial charge on any atom is -0.388 e. The van der Waals surface area contributed by atoms with Gasteiger partial charge >= 0.3 is 0 Å². The molecule has 2 nitrogen and oxygen atoms in total. The van der Waals surface area contributed by atoms with E-state index in [0.717, 1.165) is 5.69 Å². The minimum absolute atomic E-state index is 1.13.